The molecule has 1 aromatic rings. The predicted octanol–water partition coefficient (Wildman–Crippen LogP) is 1.75. The number of carbonyl (C=O) groups excluding carboxylic acids is 2. The maximum absolute atomic E-state index is 13.4. The van der Waals surface area contributed by atoms with Crippen molar-refractivity contribution in [3.8, 4) is 5.75 Å². The molecule has 1 N–H and O–H groups in total. The summed E-state index contributed by atoms with van der Waals surface area (Å²) in [4.78, 5) is 21.4. The Hall–Kier alpha value is -2.18. The molecule has 0 saturated heterocycles. The van der Waals surface area contributed by atoms with Crippen molar-refractivity contribution in [1.29, 1.82) is 0 Å². The second-order valence-corrected chi connectivity index (χ2v) is 3.31. The van der Waals surface area contributed by atoms with Crippen LogP contribution in [0.15, 0.2) is 12.1 Å². The molecular weight excluding hydrogens is 248 g/mol. The van der Waals surface area contributed by atoms with Crippen LogP contribution in [0.3, 0.4) is 0 Å². The summed E-state index contributed by atoms with van der Waals surface area (Å²) in [6, 6.07) is 1.84. The number of hydrogen-bond donors (Lipinski definition) is 1. The molecule has 0 heterocycles. The van der Waals surface area contributed by atoms with Gasteiger partial charge in [0, 0.05) is 14.0 Å². The van der Waals surface area contributed by atoms with Crippen molar-refractivity contribution >= 4 is 12.1 Å². The third kappa shape index (κ3) is 3.69. The van der Waals surface area contributed by atoms with E-state index in [9.17, 15) is 18.4 Å². The van der Waals surface area contributed by atoms with E-state index in [0.29, 0.717) is 0 Å². The third-order valence-electron chi connectivity index (χ3n) is 1.88. The SMILES string of the molecule is CNC(=O)OCc1cc(F)c(OC(C)=O)c(F)c1. The van der Waals surface area contributed by atoms with Gasteiger partial charge in [-0.25, -0.2) is 13.6 Å². The highest BCUT2D eigenvalue weighted by Crippen LogP contribution is 2.23. The second kappa shape index (κ2) is 5.95. The quantitative estimate of drug-likeness (QED) is 0.663. The minimum atomic E-state index is -1.04. The molecule has 0 spiro atoms. The van der Waals surface area contributed by atoms with Crippen LogP contribution in [0.4, 0.5) is 13.6 Å². The van der Waals surface area contributed by atoms with E-state index < -0.39 is 29.4 Å². The Kier molecular flexibility index (Phi) is 4.59. The van der Waals surface area contributed by atoms with Gasteiger partial charge in [-0.05, 0) is 17.7 Å². The Morgan fingerprint density at radius 3 is 2.28 bits per heavy atom. The zero-order valence-corrected chi connectivity index (χ0v) is 9.75. The molecule has 0 saturated carbocycles. The number of halogens is 2. The summed E-state index contributed by atoms with van der Waals surface area (Å²) in [5, 5.41) is 2.18. The Labute approximate surface area is 102 Å². The van der Waals surface area contributed by atoms with Gasteiger partial charge in [-0.2, -0.15) is 0 Å². The van der Waals surface area contributed by atoms with Crippen molar-refractivity contribution in [2.45, 2.75) is 13.5 Å². The molecule has 7 heteroatoms. The van der Waals surface area contributed by atoms with Gasteiger partial charge in [0.05, 0.1) is 0 Å². The molecule has 0 aliphatic heterocycles. The lowest BCUT2D eigenvalue weighted by atomic mass is 10.2. The van der Waals surface area contributed by atoms with Crippen LogP contribution in [-0.4, -0.2) is 19.1 Å². The number of amides is 1. The Morgan fingerprint density at radius 2 is 1.83 bits per heavy atom. The van der Waals surface area contributed by atoms with Crippen molar-refractivity contribution in [3.63, 3.8) is 0 Å². The number of nitrogens with one attached hydrogen (secondary N) is 1. The van der Waals surface area contributed by atoms with Gasteiger partial charge in [0.25, 0.3) is 0 Å². The standard InChI is InChI=1S/C11H11F2NO4/c1-6(15)18-10-8(12)3-7(4-9(10)13)5-17-11(16)14-2/h3-4H,5H2,1-2H3,(H,14,16). The number of ether oxygens (including phenoxy) is 2. The first-order valence-electron chi connectivity index (χ1n) is 4.95. The van der Waals surface area contributed by atoms with E-state index in [1.165, 1.54) is 7.05 Å². The normalized spacial score (nSPS) is 9.78. The average molecular weight is 259 g/mol. The molecule has 98 valence electrons. The van der Waals surface area contributed by atoms with Gasteiger partial charge < -0.3 is 14.8 Å². The predicted molar refractivity (Wildman–Crippen MR) is 56.9 cm³/mol. The first-order chi connectivity index (χ1) is 8.43. The number of alkyl carbamates (subject to hydrolysis) is 1. The molecule has 1 amide bonds. The van der Waals surface area contributed by atoms with Crippen LogP contribution >= 0.6 is 0 Å². The summed E-state index contributed by atoms with van der Waals surface area (Å²) in [5.74, 6) is -3.69. The van der Waals surface area contributed by atoms with Crippen LogP contribution in [0.25, 0.3) is 0 Å². The largest absolute Gasteiger partial charge is 0.445 e. The van der Waals surface area contributed by atoms with Crippen LogP contribution in [0.2, 0.25) is 0 Å². The molecule has 0 fully saturated rings. The summed E-state index contributed by atoms with van der Waals surface area (Å²) >= 11 is 0. The summed E-state index contributed by atoms with van der Waals surface area (Å²) in [6.07, 6.45) is -0.722. The van der Waals surface area contributed by atoms with Gasteiger partial charge in [-0.3, -0.25) is 4.79 Å². The molecule has 0 unspecified atom stereocenters. The Balaban J connectivity index is 2.85. The van der Waals surface area contributed by atoms with Gasteiger partial charge in [0.15, 0.2) is 11.6 Å². The summed E-state index contributed by atoms with van der Waals surface area (Å²) in [5.41, 5.74) is 0.101. The van der Waals surface area contributed by atoms with Gasteiger partial charge >= 0.3 is 12.1 Å². The lowest BCUT2D eigenvalue weighted by molar-refractivity contribution is -0.132. The molecule has 0 atom stereocenters. The molecule has 18 heavy (non-hydrogen) atoms. The molecular formula is C11H11F2NO4. The Bertz CT molecular complexity index is 453. The lowest BCUT2D eigenvalue weighted by Crippen LogP contribution is -2.19. The van der Waals surface area contributed by atoms with E-state index in [1.807, 2.05) is 0 Å². The molecule has 1 rings (SSSR count). The van der Waals surface area contributed by atoms with Gasteiger partial charge in [0.1, 0.15) is 6.61 Å². The molecule has 0 aliphatic rings. The van der Waals surface area contributed by atoms with E-state index in [2.05, 4.69) is 14.8 Å². The first-order valence-corrected chi connectivity index (χ1v) is 4.95. The van der Waals surface area contributed by atoms with Crippen molar-refractivity contribution < 1.29 is 27.8 Å². The minimum Gasteiger partial charge on any atom is -0.445 e. The molecule has 5 nitrogen and oxygen atoms in total. The van der Waals surface area contributed by atoms with Crippen molar-refractivity contribution in [2.24, 2.45) is 0 Å². The zero-order chi connectivity index (χ0) is 13.7. The summed E-state index contributed by atoms with van der Waals surface area (Å²) in [7, 11) is 1.35. The monoisotopic (exact) mass is 259 g/mol. The van der Waals surface area contributed by atoms with E-state index in [0.717, 1.165) is 19.1 Å². The number of esters is 1. The fourth-order valence-corrected chi connectivity index (χ4v) is 1.16. The number of rotatable bonds is 3. The van der Waals surface area contributed by atoms with Crippen LogP contribution < -0.4 is 10.1 Å². The molecule has 0 aliphatic carbocycles. The van der Waals surface area contributed by atoms with Crippen molar-refractivity contribution in [2.75, 3.05) is 7.05 Å². The topological polar surface area (TPSA) is 64.6 Å². The fourth-order valence-electron chi connectivity index (χ4n) is 1.16. The minimum absolute atomic E-state index is 0.101. The van der Waals surface area contributed by atoms with Crippen LogP contribution in [-0.2, 0) is 16.1 Å². The average Bonchev–Trinajstić information content (AvgIpc) is 2.30. The van der Waals surface area contributed by atoms with Gasteiger partial charge in [0.2, 0.25) is 5.75 Å². The molecule has 0 radical (unpaired) electrons. The van der Waals surface area contributed by atoms with E-state index in [-0.39, 0.29) is 12.2 Å². The van der Waals surface area contributed by atoms with E-state index in [4.69, 9.17) is 0 Å². The smallest absolute Gasteiger partial charge is 0.407 e. The maximum atomic E-state index is 13.4. The van der Waals surface area contributed by atoms with Crippen LogP contribution in [0, 0.1) is 11.6 Å². The molecule has 1 aromatic carbocycles. The lowest BCUT2D eigenvalue weighted by Gasteiger charge is -2.08. The van der Waals surface area contributed by atoms with E-state index in [1.54, 1.807) is 0 Å². The maximum Gasteiger partial charge on any atom is 0.407 e. The van der Waals surface area contributed by atoms with Crippen LogP contribution in [0.5, 0.6) is 5.75 Å². The summed E-state index contributed by atoms with van der Waals surface area (Å²) < 4.78 is 35.8. The van der Waals surface area contributed by atoms with Gasteiger partial charge in [-0.1, -0.05) is 0 Å². The number of benzene rings is 1. The first kappa shape index (κ1) is 13.9. The second-order valence-electron chi connectivity index (χ2n) is 3.31. The van der Waals surface area contributed by atoms with Crippen molar-refractivity contribution in [1.82, 2.24) is 5.32 Å². The zero-order valence-electron chi connectivity index (χ0n) is 9.75. The fraction of sp³-hybridized carbons (Fsp3) is 0.273. The highest BCUT2D eigenvalue weighted by molar-refractivity contribution is 5.69. The van der Waals surface area contributed by atoms with Gasteiger partial charge in [-0.15, -0.1) is 0 Å². The molecule has 0 aromatic heterocycles. The summed E-state index contributed by atoms with van der Waals surface area (Å²) in [6.45, 7) is 0.732. The highest BCUT2D eigenvalue weighted by Gasteiger charge is 2.15. The van der Waals surface area contributed by atoms with Crippen LogP contribution in [0.1, 0.15) is 12.5 Å². The van der Waals surface area contributed by atoms with Crippen molar-refractivity contribution in [3.05, 3.63) is 29.3 Å². The van der Waals surface area contributed by atoms with E-state index >= 15 is 0 Å². The molecule has 0 bridgehead atoms. The third-order valence-corrected chi connectivity index (χ3v) is 1.88. The Morgan fingerprint density at radius 1 is 1.28 bits per heavy atom. The number of carbonyl (C=O) groups is 2. The highest BCUT2D eigenvalue weighted by atomic mass is 19.1. The number of hydrogen-bond acceptors (Lipinski definition) is 4.